The van der Waals surface area contributed by atoms with Crippen molar-refractivity contribution in [2.75, 3.05) is 25.0 Å². The van der Waals surface area contributed by atoms with Crippen LogP contribution in [0.4, 0.5) is 5.69 Å². The Bertz CT molecular complexity index is 1180. The molecular weight excluding hydrogens is 468 g/mol. The number of amides is 2. The Balaban J connectivity index is 1.68. The summed E-state index contributed by atoms with van der Waals surface area (Å²) in [6.07, 6.45) is 1.43. The van der Waals surface area contributed by atoms with E-state index < -0.39 is 5.91 Å². The van der Waals surface area contributed by atoms with Crippen LogP contribution in [-0.4, -0.2) is 52.8 Å². The highest BCUT2D eigenvalue weighted by Gasteiger charge is 2.15. The third-order valence-corrected chi connectivity index (χ3v) is 5.47. The Morgan fingerprint density at radius 1 is 1.03 bits per heavy atom. The van der Waals surface area contributed by atoms with Gasteiger partial charge in [0.15, 0.2) is 0 Å². The van der Waals surface area contributed by atoms with Crippen molar-refractivity contribution in [2.24, 2.45) is 5.10 Å². The fraction of sp³-hybridized carbons (Fsp3) is 0.192. The van der Waals surface area contributed by atoms with Crippen LogP contribution in [0.2, 0.25) is 5.02 Å². The SMILES string of the molecule is CCN(CCO)Cc1ccc(C(=O)Nc2ccc(Cl)cc2C(=O)NN=Cc2ccc(O)cc2)cc1. The number of rotatable bonds is 10. The molecule has 0 aliphatic carbocycles. The van der Waals surface area contributed by atoms with Gasteiger partial charge in [-0.2, -0.15) is 5.10 Å². The molecule has 0 saturated carbocycles. The Morgan fingerprint density at radius 2 is 1.74 bits per heavy atom. The molecule has 0 unspecified atom stereocenters. The number of aliphatic hydroxyl groups is 1. The quantitative estimate of drug-likeness (QED) is 0.252. The minimum atomic E-state index is -0.545. The van der Waals surface area contributed by atoms with Crippen LogP contribution in [-0.2, 0) is 6.54 Å². The molecule has 0 aliphatic rings. The van der Waals surface area contributed by atoms with Crippen molar-refractivity contribution in [2.45, 2.75) is 13.5 Å². The van der Waals surface area contributed by atoms with Gasteiger partial charge >= 0.3 is 0 Å². The van der Waals surface area contributed by atoms with Crippen LogP contribution in [0.1, 0.15) is 38.8 Å². The molecule has 4 N–H and O–H groups in total. The third kappa shape index (κ3) is 7.65. The van der Waals surface area contributed by atoms with E-state index in [1.165, 1.54) is 24.4 Å². The average Bonchev–Trinajstić information content (AvgIpc) is 2.86. The van der Waals surface area contributed by atoms with Crippen LogP contribution in [0, 0.1) is 0 Å². The lowest BCUT2D eigenvalue weighted by Crippen LogP contribution is -2.26. The Labute approximate surface area is 208 Å². The van der Waals surface area contributed by atoms with E-state index in [9.17, 15) is 14.7 Å². The summed E-state index contributed by atoms with van der Waals surface area (Å²) in [7, 11) is 0. The van der Waals surface area contributed by atoms with Crippen molar-refractivity contribution >= 4 is 35.3 Å². The normalized spacial score (nSPS) is 11.1. The van der Waals surface area contributed by atoms with E-state index in [2.05, 4.69) is 20.7 Å². The Hall–Kier alpha value is -3.72. The number of nitrogens with zero attached hydrogens (tertiary/aromatic N) is 2. The maximum Gasteiger partial charge on any atom is 0.273 e. The van der Waals surface area contributed by atoms with E-state index >= 15 is 0 Å². The summed E-state index contributed by atoms with van der Waals surface area (Å²) in [6, 6.07) is 18.1. The molecule has 35 heavy (non-hydrogen) atoms. The zero-order chi connectivity index (χ0) is 25.2. The van der Waals surface area contributed by atoms with E-state index in [0.717, 1.165) is 12.1 Å². The summed E-state index contributed by atoms with van der Waals surface area (Å²) < 4.78 is 0. The van der Waals surface area contributed by atoms with E-state index in [-0.39, 0.29) is 23.8 Å². The standard InChI is InChI=1S/C26H27ClN4O4/c1-2-31(13-14-32)17-19-3-7-20(8-4-19)25(34)29-24-12-9-21(27)15-23(24)26(35)30-28-16-18-5-10-22(33)11-6-18/h3-12,15-16,32-33H,2,13-14,17H2,1H3,(H,29,34)(H,30,35). The fourth-order valence-electron chi connectivity index (χ4n) is 3.30. The van der Waals surface area contributed by atoms with Gasteiger partial charge in [0, 0.05) is 23.7 Å². The molecule has 0 aliphatic heterocycles. The van der Waals surface area contributed by atoms with Crippen LogP contribution >= 0.6 is 11.6 Å². The van der Waals surface area contributed by atoms with Crippen molar-refractivity contribution < 1.29 is 19.8 Å². The van der Waals surface area contributed by atoms with Crippen LogP contribution in [0.5, 0.6) is 5.75 Å². The second-order valence-electron chi connectivity index (χ2n) is 7.72. The van der Waals surface area contributed by atoms with E-state index in [1.54, 1.807) is 36.4 Å². The number of phenols is 1. The molecule has 0 heterocycles. The number of benzene rings is 3. The molecule has 0 atom stereocenters. The summed E-state index contributed by atoms with van der Waals surface area (Å²) in [4.78, 5) is 27.6. The molecule has 9 heteroatoms. The molecule has 3 rings (SSSR count). The molecule has 0 fully saturated rings. The van der Waals surface area contributed by atoms with Gasteiger partial charge in [-0.1, -0.05) is 30.7 Å². The topological polar surface area (TPSA) is 114 Å². The van der Waals surface area contributed by atoms with Crippen LogP contribution in [0.3, 0.4) is 0 Å². The number of phenolic OH excluding ortho intramolecular Hbond substituents is 1. The van der Waals surface area contributed by atoms with Gasteiger partial charge in [0.1, 0.15) is 5.75 Å². The van der Waals surface area contributed by atoms with Crippen molar-refractivity contribution in [3.8, 4) is 5.75 Å². The predicted octanol–water partition coefficient (Wildman–Crippen LogP) is 3.88. The van der Waals surface area contributed by atoms with E-state index in [0.29, 0.717) is 34.9 Å². The predicted molar refractivity (Wildman–Crippen MR) is 137 cm³/mol. The van der Waals surface area contributed by atoms with Crippen molar-refractivity contribution in [3.63, 3.8) is 0 Å². The minimum Gasteiger partial charge on any atom is -0.508 e. The molecule has 0 aromatic heterocycles. The zero-order valence-corrected chi connectivity index (χ0v) is 20.0. The number of halogens is 1. The Kier molecular flexibility index (Phi) is 9.37. The number of hydrogen-bond donors (Lipinski definition) is 4. The number of aromatic hydroxyl groups is 1. The highest BCUT2D eigenvalue weighted by molar-refractivity contribution is 6.31. The lowest BCUT2D eigenvalue weighted by molar-refractivity contribution is 0.0956. The van der Waals surface area contributed by atoms with Crippen LogP contribution in [0.25, 0.3) is 0 Å². The highest BCUT2D eigenvalue weighted by atomic mass is 35.5. The lowest BCUT2D eigenvalue weighted by Gasteiger charge is -2.19. The molecule has 0 spiro atoms. The van der Waals surface area contributed by atoms with Gasteiger partial charge in [-0.25, -0.2) is 5.43 Å². The largest absolute Gasteiger partial charge is 0.508 e. The Morgan fingerprint density at radius 3 is 2.40 bits per heavy atom. The zero-order valence-electron chi connectivity index (χ0n) is 19.2. The molecule has 3 aromatic rings. The number of hydrazone groups is 1. The molecule has 3 aromatic carbocycles. The first-order chi connectivity index (χ1) is 16.9. The van der Waals surface area contributed by atoms with Crippen LogP contribution in [0.15, 0.2) is 71.8 Å². The molecular formula is C26H27ClN4O4. The molecule has 182 valence electrons. The summed E-state index contributed by atoms with van der Waals surface area (Å²) in [5.41, 5.74) is 5.02. The van der Waals surface area contributed by atoms with Gasteiger partial charge in [0.2, 0.25) is 0 Å². The van der Waals surface area contributed by atoms with Crippen LogP contribution < -0.4 is 10.7 Å². The van der Waals surface area contributed by atoms with Gasteiger partial charge in [0.25, 0.3) is 11.8 Å². The molecule has 0 saturated heterocycles. The lowest BCUT2D eigenvalue weighted by atomic mass is 10.1. The second kappa shape index (κ2) is 12.7. The van der Waals surface area contributed by atoms with E-state index in [4.69, 9.17) is 16.7 Å². The summed E-state index contributed by atoms with van der Waals surface area (Å²) in [6.45, 7) is 4.18. The van der Waals surface area contributed by atoms with Crippen molar-refractivity contribution in [3.05, 3.63) is 94.0 Å². The second-order valence-corrected chi connectivity index (χ2v) is 8.16. The number of hydrogen-bond acceptors (Lipinski definition) is 6. The molecule has 2 amide bonds. The first-order valence-electron chi connectivity index (χ1n) is 11.0. The van der Waals surface area contributed by atoms with Crippen molar-refractivity contribution in [1.82, 2.24) is 10.3 Å². The molecule has 0 radical (unpaired) electrons. The molecule has 8 nitrogen and oxygen atoms in total. The number of aliphatic hydroxyl groups excluding tert-OH is 1. The number of carbonyl (C=O) groups excluding carboxylic acids is 2. The minimum absolute atomic E-state index is 0.0907. The first-order valence-corrected chi connectivity index (χ1v) is 11.4. The number of anilines is 1. The van der Waals surface area contributed by atoms with E-state index in [1.807, 2.05) is 19.1 Å². The smallest absolute Gasteiger partial charge is 0.273 e. The van der Waals surface area contributed by atoms with Gasteiger partial charge in [-0.05, 0) is 72.3 Å². The fourth-order valence-corrected chi connectivity index (χ4v) is 3.48. The highest BCUT2D eigenvalue weighted by Crippen LogP contribution is 2.22. The number of nitrogens with one attached hydrogen (secondary N) is 2. The van der Waals surface area contributed by atoms with Gasteiger partial charge in [-0.3, -0.25) is 14.5 Å². The summed E-state index contributed by atoms with van der Waals surface area (Å²) in [5.74, 6) is -0.787. The van der Waals surface area contributed by atoms with Gasteiger partial charge < -0.3 is 15.5 Å². The molecule has 0 bridgehead atoms. The third-order valence-electron chi connectivity index (χ3n) is 5.23. The number of likely N-dealkylation sites (N-methyl/N-ethyl adjacent to an activating group) is 1. The van der Waals surface area contributed by atoms with Gasteiger partial charge in [0.05, 0.1) is 24.1 Å². The number of carbonyl (C=O) groups is 2. The van der Waals surface area contributed by atoms with Gasteiger partial charge in [-0.15, -0.1) is 0 Å². The monoisotopic (exact) mass is 494 g/mol. The summed E-state index contributed by atoms with van der Waals surface area (Å²) >= 11 is 6.08. The first kappa shape index (κ1) is 25.9. The maximum atomic E-state index is 12.8. The maximum absolute atomic E-state index is 12.8. The average molecular weight is 495 g/mol. The van der Waals surface area contributed by atoms with Crippen molar-refractivity contribution in [1.29, 1.82) is 0 Å². The summed E-state index contributed by atoms with van der Waals surface area (Å²) in [5, 5.41) is 25.5.